The Bertz CT molecular complexity index is 281. The molecule has 0 bridgehead atoms. The van der Waals surface area contributed by atoms with E-state index in [2.05, 4.69) is 31.1 Å². The van der Waals surface area contributed by atoms with E-state index < -0.39 is 0 Å². The fraction of sp³-hybridized carbons (Fsp3) is 0.750. The van der Waals surface area contributed by atoms with Crippen molar-refractivity contribution in [1.82, 2.24) is 10.3 Å². The van der Waals surface area contributed by atoms with Crippen LogP contribution in [-0.2, 0) is 19.4 Å². The van der Waals surface area contributed by atoms with Crippen LogP contribution in [0, 0.1) is 0 Å². The highest BCUT2D eigenvalue weighted by molar-refractivity contribution is 7.11. The predicted octanol–water partition coefficient (Wildman–Crippen LogP) is 3.16. The monoisotopic (exact) mass is 226 g/mol. The van der Waals surface area contributed by atoms with E-state index in [1.165, 1.54) is 28.4 Å². The van der Waals surface area contributed by atoms with Crippen molar-refractivity contribution in [3.05, 3.63) is 15.6 Å². The zero-order valence-electron chi connectivity index (χ0n) is 10.1. The largest absolute Gasteiger partial charge is 0.312 e. The number of aromatic nitrogens is 1. The maximum atomic E-state index is 4.62. The van der Waals surface area contributed by atoms with E-state index in [9.17, 15) is 0 Å². The van der Waals surface area contributed by atoms with Crippen LogP contribution in [0.15, 0.2) is 0 Å². The second-order valence-corrected chi connectivity index (χ2v) is 4.88. The number of rotatable bonds is 7. The number of thiazole rings is 1. The Hall–Kier alpha value is -0.410. The minimum atomic E-state index is 1.00. The quantitative estimate of drug-likeness (QED) is 0.722. The Kier molecular flexibility index (Phi) is 5.88. The maximum absolute atomic E-state index is 4.62. The number of hydrogen-bond donors (Lipinski definition) is 1. The SMILES string of the molecule is CCCCNCc1sc(CC)nc1CC. The first-order chi connectivity index (χ1) is 7.31. The molecule has 0 aliphatic carbocycles. The van der Waals surface area contributed by atoms with Crippen LogP contribution in [0.5, 0.6) is 0 Å². The molecule has 0 atom stereocenters. The Labute approximate surface area is 97.1 Å². The molecule has 3 heteroatoms. The van der Waals surface area contributed by atoms with Crippen LogP contribution < -0.4 is 5.32 Å². The minimum absolute atomic E-state index is 1.00. The van der Waals surface area contributed by atoms with Crippen molar-refractivity contribution in [2.24, 2.45) is 0 Å². The summed E-state index contributed by atoms with van der Waals surface area (Å²) in [7, 11) is 0. The Morgan fingerprint density at radius 1 is 1.20 bits per heavy atom. The van der Waals surface area contributed by atoms with E-state index >= 15 is 0 Å². The van der Waals surface area contributed by atoms with Crippen molar-refractivity contribution < 1.29 is 0 Å². The molecule has 0 spiro atoms. The summed E-state index contributed by atoms with van der Waals surface area (Å²) in [5.74, 6) is 0. The van der Waals surface area contributed by atoms with Gasteiger partial charge in [0.15, 0.2) is 0 Å². The molecule has 0 aliphatic rings. The lowest BCUT2D eigenvalue weighted by atomic mass is 10.3. The first kappa shape index (κ1) is 12.7. The number of nitrogens with zero attached hydrogens (tertiary/aromatic N) is 1. The molecule has 2 nitrogen and oxygen atoms in total. The number of nitrogens with one attached hydrogen (secondary N) is 1. The lowest BCUT2D eigenvalue weighted by molar-refractivity contribution is 0.642. The molecule has 0 radical (unpaired) electrons. The summed E-state index contributed by atoms with van der Waals surface area (Å²) in [6, 6.07) is 0. The van der Waals surface area contributed by atoms with E-state index in [4.69, 9.17) is 0 Å². The van der Waals surface area contributed by atoms with E-state index in [-0.39, 0.29) is 0 Å². The van der Waals surface area contributed by atoms with Gasteiger partial charge in [-0.2, -0.15) is 0 Å². The summed E-state index contributed by atoms with van der Waals surface area (Å²) in [6.07, 6.45) is 4.64. The van der Waals surface area contributed by atoms with Gasteiger partial charge < -0.3 is 5.32 Å². The van der Waals surface area contributed by atoms with Crippen LogP contribution >= 0.6 is 11.3 Å². The van der Waals surface area contributed by atoms with Crippen LogP contribution in [0.4, 0.5) is 0 Å². The van der Waals surface area contributed by atoms with Crippen LogP contribution in [-0.4, -0.2) is 11.5 Å². The minimum Gasteiger partial charge on any atom is -0.312 e. The molecule has 0 saturated heterocycles. The van der Waals surface area contributed by atoms with E-state index in [0.717, 1.165) is 25.9 Å². The maximum Gasteiger partial charge on any atom is 0.0928 e. The molecular formula is C12H22N2S. The van der Waals surface area contributed by atoms with Crippen molar-refractivity contribution in [3.63, 3.8) is 0 Å². The molecule has 1 aromatic heterocycles. The van der Waals surface area contributed by atoms with Crippen molar-refractivity contribution in [2.45, 2.75) is 53.0 Å². The summed E-state index contributed by atoms with van der Waals surface area (Å²) in [4.78, 5) is 6.06. The summed E-state index contributed by atoms with van der Waals surface area (Å²) >= 11 is 1.87. The number of unbranched alkanes of at least 4 members (excludes halogenated alkanes) is 1. The summed E-state index contributed by atoms with van der Waals surface area (Å²) in [5.41, 5.74) is 1.29. The Balaban J connectivity index is 2.47. The fourth-order valence-corrected chi connectivity index (χ4v) is 2.57. The number of hydrogen-bond acceptors (Lipinski definition) is 3. The van der Waals surface area contributed by atoms with Crippen molar-refractivity contribution in [3.8, 4) is 0 Å². The predicted molar refractivity (Wildman–Crippen MR) is 67.5 cm³/mol. The molecule has 0 aromatic carbocycles. The van der Waals surface area contributed by atoms with Crippen LogP contribution in [0.3, 0.4) is 0 Å². The highest BCUT2D eigenvalue weighted by Crippen LogP contribution is 2.19. The third kappa shape index (κ3) is 3.92. The van der Waals surface area contributed by atoms with Crippen LogP contribution in [0.25, 0.3) is 0 Å². The van der Waals surface area contributed by atoms with Gasteiger partial charge >= 0.3 is 0 Å². The summed E-state index contributed by atoms with van der Waals surface area (Å²) < 4.78 is 0. The average Bonchev–Trinajstić information content (AvgIpc) is 2.67. The first-order valence-electron chi connectivity index (χ1n) is 5.99. The van der Waals surface area contributed by atoms with Gasteiger partial charge in [0, 0.05) is 11.4 Å². The molecule has 86 valence electrons. The van der Waals surface area contributed by atoms with Crippen molar-refractivity contribution in [1.29, 1.82) is 0 Å². The molecule has 1 rings (SSSR count). The number of aryl methyl sites for hydroxylation is 2. The van der Waals surface area contributed by atoms with E-state index in [0.29, 0.717) is 0 Å². The lowest BCUT2D eigenvalue weighted by Crippen LogP contribution is -2.14. The van der Waals surface area contributed by atoms with Gasteiger partial charge in [-0.05, 0) is 25.8 Å². The third-order valence-electron chi connectivity index (χ3n) is 2.45. The van der Waals surface area contributed by atoms with Crippen LogP contribution in [0.2, 0.25) is 0 Å². The second-order valence-electron chi connectivity index (χ2n) is 3.71. The zero-order chi connectivity index (χ0) is 11.1. The molecular weight excluding hydrogens is 204 g/mol. The van der Waals surface area contributed by atoms with Crippen LogP contribution in [0.1, 0.15) is 49.2 Å². The Morgan fingerprint density at radius 3 is 2.60 bits per heavy atom. The molecule has 0 aliphatic heterocycles. The highest BCUT2D eigenvalue weighted by Gasteiger charge is 2.07. The van der Waals surface area contributed by atoms with Gasteiger partial charge in [-0.25, -0.2) is 4.98 Å². The average molecular weight is 226 g/mol. The summed E-state index contributed by atoms with van der Waals surface area (Å²) in [5, 5.41) is 4.76. The van der Waals surface area contributed by atoms with Gasteiger partial charge in [-0.15, -0.1) is 11.3 Å². The highest BCUT2D eigenvalue weighted by atomic mass is 32.1. The van der Waals surface area contributed by atoms with Gasteiger partial charge in [0.2, 0.25) is 0 Å². The Morgan fingerprint density at radius 2 is 2.00 bits per heavy atom. The molecule has 1 N–H and O–H groups in total. The smallest absolute Gasteiger partial charge is 0.0928 e. The molecule has 1 heterocycles. The molecule has 0 unspecified atom stereocenters. The zero-order valence-corrected chi connectivity index (χ0v) is 10.9. The molecule has 0 fully saturated rings. The van der Waals surface area contributed by atoms with Crippen molar-refractivity contribution in [2.75, 3.05) is 6.54 Å². The standard InChI is InChI=1S/C12H22N2S/c1-4-7-8-13-9-11-10(5-2)14-12(6-3)15-11/h13H,4-9H2,1-3H3. The lowest BCUT2D eigenvalue weighted by Gasteiger charge is -2.02. The topological polar surface area (TPSA) is 24.9 Å². The van der Waals surface area contributed by atoms with Gasteiger partial charge in [0.25, 0.3) is 0 Å². The van der Waals surface area contributed by atoms with Gasteiger partial charge in [-0.3, -0.25) is 0 Å². The first-order valence-corrected chi connectivity index (χ1v) is 6.81. The van der Waals surface area contributed by atoms with Gasteiger partial charge in [0.1, 0.15) is 0 Å². The van der Waals surface area contributed by atoms with Gasteiger partial charge in [-0.1, -0.05) is 27.2 Å². The van der Waals surface area contributed by atoms with E-state index in [1.807, 2.05) is 11.3 Å². The molecule has 15 heavy (non-hydrogen) atoms. The normalized spacial score (nSPS) is 10.9. The molecule has 0 saturated carbocycles. The second kappa shape index (κ2) is 6.96. The third-order valence-corrected chi connectivity index (χ3v) is 3.69. The molecule has 0 amide bonds. The fourth-order valence-electron chi connectivity index (χ4n) is 1.51. The summed E-state index contributed by atoms with van der Waals surface area (Å²) in [6.45, 7) is 8.71. The van der Waals surface area contributed by atoms with Crippen molar-refractivity contribution >= 4 is 11.3 Å². The van der Waals surface area contributed by atoms with E-state index in [1.54, 1.807) is 0 Å². The van der Waals surface area contributed by atoms with Gasteiger partial charge in [0.05, 0.1) is 10.7 Å². The molecule has 1 aromatic rings.